The summed E-state index contributed by atoms with van der Waals surface area (Å²) >= 11 is 1.50. The molecule has 0 aliphatic carbocycles. The van der Waals surface area contributed by atoms with Gasteiger partial charge in [-0.2, -0.15) is 0 Å². The number of ether oxygens (including phenoxy) is 1. The number of aromatic nitrogens is 2. The Morgan fingerprint density at radius 3 is 2.69 bits per heavy atom. The van der Waals surface area contributed by atoms with Gasteiger partial charge in [0, 0.05) is 20.3 Å². The molecule has 3 amide bonds. The van der Waals surface area contributed by atoms with Crippen LogP contribution in [0.3, 0.4) is 0 Å². The monoisotopic (exact) mass is 511 g/mol. The van der Waals surface area contributed by atoms with Gasteiger partial charge >= 0.3 is 6.09 Å². The van der Waals surface area contributed by atoms with Gasteiger partial charge in [0.25, 0.3) is 5.56 Å². The minimum Gasteiger partial charge on any atom is -0.450 e. The number of carbonyl (C=O) groups is 3. The van der Waals surface area contributed by atoms with E-state index < -0.39 is 23.6 Å². The number of hydrogen-bond acceptors (Lipinski definition) is 7. The van der Waals surface area contributed by atoms with Gasteiger partial charge in [0.15, 0.2) is 0 Å². The highest BCUT2D eigenvalue weighted by Crippen LogP contribution is 2.22. The standard InChI is InChI=1S/C25H29N5O5S/c1-4-35-25(34)28-18(11-6-8-14-22(31)29(2)3)23(32)27-19-12-9-15-30(24(19)33)16-21-26-17-10-5-7-13-20(17)36-21/h5,7-10,12-15,18H,4,6,11,16H2,1-3H3,(H,27,32)(H,28,34). The number of rotatable bonds is 10. The maximum Gasteiger partial charge on any atom is 0.407 e. The highest BCUT2D eigenvalue weighted by Gasteiger charge is 2.22. The first-order valence-electron chi connectivity index (χ1n) is 11.4. The third-order valence-corrected chi connectivity index (χ3v) is 6.15. The number of pyridine rings is 1. The summed E-state index contributed by atoms with van der Waals surface area (Å²) in [7, 11) is 3.27. The first-order chi connectivity index (χ1) is 17.3. The second-order valence-electron chi connectivity index (χ2n) is 8.05. The maximum atomic E-state index is 13.0. The van der Waals surface area contributed by atoms with Crippen LogP contribution in [0, 0.1) is 0 Å². The Kier molecular flexibility index (Phi) is 9.34. The second-order valence-corrected chi connectivity index (χ2v) is 9.16. The molecule has 0 radical (unpaired) electrons. The van der Waals surface area contributed by atoms with Crippen LogP contribution in [0.1, 0.15) is 24.8 Å². The van der Waals surface area contributed by atoms with Gasteiger partial charge in [0.05, 0.1) is 23.4 Å². The zero-order chi connectivity index (χ0) is 26.1. The molecule has 1 unspecified atom stereocenters. The van der Waals surface area contributed by atoms with Crippen LogP contribution in [0.15, 0.2) is 59.5 Å². The summed E-state index contributed by atoms with van der Waals surface area (Å²) in [5.74, 6) is -0.752. The number of benzene rings is 1. The normalized spacial score (nSPS) is 11.9. The lowest BCUT2D eigenvalue weighted by molar-refractivity contribution is -0.123. The molecule has 0 spiro atoms. The first kappa shape index (κ1) is 26.6. The Morgan fingerprint density at radius 1 is 1.19 bits per heavy atom. The molecule has 1 atom stereocenters. The van der Waals surface area contributed by atoms with E-state index in [-0.39, 0.29) is 31.2 Å². The predicted molar refractivity (Wildman–Crippen MR) is 139 cm³/mol. The van der Waals surface area contributed by atoms with Crippen molar-refractivity contribution in [2.45, 2.75) is 32.4 Å². The number of thiazole rings is 1. The van der Waals surface area contributed by atoms with Gasteiger partial charge in [-0.3, -0.25) is 14.4 Å². The number of alkyl carbamates (subject to hydrolysis) is 1. The molecular weight excluding hydrogens is 482 g/mol. The molecular formula is C25H29N5O5S. The van der Waals surface area contributed by atoms with Crippen molar-refractivity contribution < 1.29 is 19.1 Å². The quantitative estimate of drug-likeness (QED) is 0.404. The van der Waals surface area contributed by atoms with Crippen molar-refractivity contribution in [3.63, 3.8) is 0 Å². The Bertz CT molecular complexity index is 1280. The van der Waals surface area contributed by atoms with Crippen molar-refractivity contribution >= 4 is 45.1 Å². The molecule has 0 aliphatic rings. The second kappa shape index (κ2) is 12.6. The average molecular weight is 512 g/mol. The van der Waals surface area contributed by atoms with Crippen molar-refractivity contribution in [3.05, 3.63) is 70.1 Å². The van der Waals surface area contributed by atoms with Crippen molar-refractivity contribution in [1.29, 1.82) is 0 Å². The van der Waals surface area contributed by atoms with E-state index in [1.54, 1.807) is 39.4 Å². The smallest absolute Gasteiger partial charge is 0.407 e. The maximum absolute atomic E-state index is 13.0. The average Bonchev–Trinajstić information content (AvgIpc) is 3.25. The number of allylic oxidation sites excluding steroid dienone is 1. The number of amides is 3. The largest absolute Gasteiger partial charge is 0.450 e. The molecule has 2 N–H and O–H groups in total. The minimum absolute atomic E-state index is 0.0811. The fourth-order valence-electron chi connectivity index (χ4n) is 3.29. The topological polar surface area (TPSA) is 123 Å². The highest BCUT2D eigenvalue weighted by molar-refractivity contribution is 7.18. The fourth-order valence-corrected chi connectivity index (χ4v) is 4.26. The van der Waals surface area contributed by atoms with Gasteiger partial charge in [-0.25, -0.2) is 9.78 Å². The zero-order valence-corrected chi connectivity index (χ0v) is 21.2. The Morgan fingerprint density at radius 2 is 1.97 bits per heavy atom. The number of fused-ring (bicyclic) bond motifs is 1. The number of para-hydroxylation sites is 1. The van der Waals surface area contributed by atoms with E-state index in [1.807, 2.05) is 24.3 Å². The van der Waals surface area contributed by atoms with Crippen LogP contribution in [0.5, 0.6) is 0 Å². The zero-order valence-electron chi connectivity index (χ0n) is 20.4. The summed E-state index contributed by atoms with van der Waals surface area (Å²) < 4.78 is 7.40. The van der Waals surface area contributed by atoms with Crippen LogP contribution in [-0.2, 0) is 20.9 Å². The molecule has 3 aromatic rings. The lowest BCUT2D eigenvalue weighted by atomic mass is 10.1. The number of nitrogens with zero attached hydrogens (tertiary/aromatic N) is 3. The molecule has 11 heteroatoms. The number of likely N-dealkylation sites (N-methyl/N-ethyl adjacent to an activating group) is 1. The Balaban J connectivity index is 1.72. The summed E-state index contributed by atoms with van der Waals surface area (Å²) in [6.07, 6.45) is 4.47. The van der Waals surface area contributed by atoms with E-state index in [4.69, 9.17) is 4.74 Å². The number of anilines is 1. The van der Waals surface area contributed by atoms with Gasteiger partial charge in [0.2, 0.25) is 11.8 Å². The fraction of sp³-hybridized carbons (Fsp3) is 0.320. The molecule has 2 heterocycles. The molecule has 0 saturated heterocycles. The molecule has 1 aromatic carbocycles. The summed E-state index contributed by atoms with van der Waals surface area (Å²) in [5, 5.41) is 5.90. The van der Waals surface area contributed by atoms with E-state index in [2.05, 4.69) is 15.6 Å². The molecule has 3 rings (SSSR count). The first-order valence-corrected chi connectivity index (χ1v) is 12.3. The van der Waals surface area contributed by atoms with Crippen molar-refractivity contribution in [3.8, 4) is 0 Å². The minimum atomic E-state index is -0.972. The van der Waals surface area contributed by atoms with E-state index >= 15 is 0 Å². The van der Waals surface area contributed by atoms with E-state index in [0.29, 0.717) is 6.42 Å². The van der Waals surface area contributed by atoms with Crippen LogP contribution < -0.4 is 16.2 Å². The van der Waals surface area contributed by atoms with E-state index in [0.717, 1.165) is 15.2 Å². The van der Waals surface area contributed by atoms with Gasteiger partial charge in [0.1, 0.15) is 16.7 Å². The van der Waals surface area contributed by atoms with Gasteiger partial charge < -0.3 is 24.8 Å². The van der Waals surface area contributed by atoms with Crippen LogP contribution in [0.25, 0.3) is 10.2 Å². The van der Waals surface area contributed by atoms with Gasteiger partial charge in [-0.05, 0) is 50.1 Å². The third kappa shape index (κ3) is 7.25. The molecule has 10 nitrogen and oxygen atoms in total. The molecule has 0 saturated carbocycles. The Labute approximate surface area is 212 Å². The van der Waals surface area contributed by atoms with Gasteiger partial charge in [-0.15, -0.1) is 11.3 Å². The van der Waals surface area contributed by atoms with Gasteiger partial charge in [-0.1, -0.05) is 18.2 Å². The summed E-state index contributed by atoms with van der Waals surface area (Å²) in [6, 6.07) is 9.92. The van der Waals surface area contributed by atoms with E-state index in [9.17, 15) is 19.2 Å². The van der Waals surface area contributed by atoms with E-state index in [1.165, 1.54) is 32.9 Å². The lowest BCUT2D eigenvalue weighted by Crippen LogP contribution is -2.44. The Hall–Kier alpha value is -3.99. The van der Waals surface area contributed by atoms with Crippen LogP contribution in [0.2, 0.25) is 0 Å². The highest BCUT2D eigenvalue weighted by atomic mass is 32.1. The molecule has 0 fully saturated rings. The van der Waals surface area contributed by atoms with Crippen molar-refractivity contribution in [1.82, 2.24) is 19.8 Å². The molecule has 0 bridgehead atoms. The van der Waals surface area contributed by atoms with Crippen LogP contribution in [0.4, 0.5) is 10.5 Å². The summed E-state index contributed by atoms with van der Waals surface area (Å²) in [5.41, 5.74) is 0.554. The molecule has 0 aliphatic heterocycles. The lowest BCUT2D eigenvalue weighted by Gasteiger charge is -2.18. The number of carbonyl (C=O) groups excluding carboxylic acids is 3. The van der Waals surface area contributed by atoms with Crippen LogP contribution >= 0.6 is 11.3 Å². The number of nitrogens with one attached hydrogen (secondary N) is 2. The predicted octanol–water partition coefficient (Wildman–Crippen LogP) is 2.98. The summed E-state index contributed by atoms with van der Waals surface area (Å²) in [4.78, 5) is 55.7. The molecule has 36 heavy (non-hydrogen) atoms. The van der Waals surface area contributed by atoms with Crippen molar-refractivity contribution in [2.75, 3.05) is 26.0 Å². The third-order valence-electron chi connectivity index (χ3n) is 5.13. The molecule has 2 aromatic heterocycles. The molecule has 190 valence electrons. The van der Waals surface area contributed by atoms with Crippen molar-refractivity contribution in [2.24, 2.45) is 0 Å². The number of hydrogen-bond donors (Lipinski definition) is 2. The summed E-state index contributed by atoms with van der Waals surface area (Å²) in [6.45, 7) is 2.06. The SMILES string of the molecule is CCOC(=O)NC(CCC=CC(=O)N(C)C)C(=O)Nc1cccn(Cc2nc3ccccc3s2)c1=O. The van der Waals surface area contributed by atoms with Crippen LogP contribution in [-0.4, -0.2) is 59.1 Å².